The monoisotopic (exact) mass is 796 g/mol. The molecule has 0 N–H and O–H groups in total. The number of esters is 2. The Labute approximate surface area is 349 Å². The van der Waals surface area contributed by atoms with Crippen molar-refractivity contribution in [2.75, 3.05) is 47.1 Å². The van der Waals surface area contributed by atoms with Gasteiger partial charge in [0.15, 0.2) is 0 Å². The molecular formula is C49H97NO6. The number of carbonyl (C=O) groups is 2. The zero-order valence-electron chi connectivity index (χ0n) is 38.7. The molecule has 0 amide bonds. The molecule has 7 nitrogen and oxygen atoms in total. The number of nitrogens with zero attached hydrogens (tertiary/aromatic N) is 1. The number of unbranched alkanes of at least 4 members (excludes halogenated alkanes) is 23. The Morgan fingerprint density at radius 2 is 1.02 bits per heavy atom. The van der Waals surface area contributed by atoms with Crippen LogP contribution in [0.3, 0.4) is 0 Å². The number of hydrogen-bond donors (Lipinski definition) is 0. The molecule has 0 aliphatic heterocycles. The van der Waals surface area contributed by atoms with Crippen molar-refractivity contribution in [1.82, 2.24) is 4.90 Å². The summed E-state index contributed by atoms with van der Waals surface area (Å²) in [5, 5.41) is 0. The zero-order valence-corrected chi connectivity index (χ0v) is 38.7. The second kappa shape index (κ2) is 42.0. The topological polar surface area (TPSA) is 74.3 Å². The van der Waals surface area contributed by atoms with Gasteiger partial charge in [-0.3, -0.25) is 9.59 Å². The van der Waals surface area contributed by atoms with E-state index in [-0.39, 0.29) is 42.6 Å². The third kappa shape index (κ3) is 34.8. The molecule has 0 bridgehead atoms. The maximum Gasteiger partial charge on any atom is 0.307 e. The summed E-state index contributed by atoms with van der Waals surface area (Å²) >= 11 is 0. The first-order valence-electron chi connectivity index (χ1n) is 24.5. The van der Waals surface area contributed by atoms with Gasteiger partial charge in [0.05, 0.1) is 13.0 Å². The van der Waals surface area contributed by atoms with Crippen LogP contribution in [0.4, 0.5) is 0 Å². The van der Waals surface area contributed by atoms with Crippen LogP contribution in [0.2, 0.25) is 0 Å². The average Bonchev–Trinajstić information content (AvgIpc) is 3.57. The van der Waals surface area contributed by atoms with Crippen LogP contribution in [-0.4, -0.2) is 76.1 Å². The molecular weight excluding hydrogens is 699 g/mol. The number of ether oxygens (including phenoxy) is 4. The van der Waals surface area contributed by atoms with Crippen molar-refractivity contribution in [3.8, 4) is 0 Å². The summed E-state index contributed by atoms with van der Waals surface area (Å²) in [5.41, 5.74) is 0. The van der Waals surface area contributed by atoms with Crippen LogP contribution in [0.15, 0.2) is 0 Å². The number of rotatable bonds is 39. The minimum absolute atomic E-state index is 0.0992. The summed E-state index contributed by atoms with van der Waals surface area (Å²) in [5.74, 6) is 0.0687. The highest BCUT2D eigenvalue weighted by molar-refractivity contribution is 5.70. The molecule has 4 unspecified atom stereocenters. The summed E-state index contributed by atoms with van der Waals surface area (Å²) < 4.78 is 24.0. The maximum atomic E-state index is 13.0. The second-order valence-corrected chi connectivity index (χ2v) is 17.2. The van der Waals surface area contributed by atoms with Gasteiger partial charge in [0, 0.05) is 26.2 Å². The SMILES string of the molecule is CCCC.CCCCCCCCCCCCCCOCC(COC(=O)CC1CCC(OC(=O)CCN(C)C)C1CC)OCCCCCCCCCCCCCC. The van der Waals surface area contributed by atoms with E-state index in [1.54, 1.807) is 0 Å². The molecule has 1 aliphatic carbocycles. The summed E-state index contributed by atoms with van der Waals surface area (Å²) in [6, 6.07) is 0. The van der Waals surface area contributed by atoms with Gasteiger partial charge in [-0.15, -0.1) is 0 Å². The highest BCUT2D eigenvalue weighted by atomic mass is 16.6. The second-order valence-electron chi connectivity index (χ2n) is 17.2. The third-order valence-corrected chi connectivity index (χ3v) is 11.6. The quantitative estimate of drug-likeness (QED) is 0.0453. The van der Waals surface area contributed by atoms with E-state index >= 15 is 0 Å². The van der Waals surface area contributed by atoms with Gasteiger partial charge >= 0.3 is 11.9 Å². The molecule has 1 aliphatic rings. The Bertz CT molecular complexity index is 835. The first kappa shape index (κ1) is 54.8. The van der Waals surface area contributed by atoms with Gasteiger partial charge in [0.1, 0.15) is 18.8 Å². The molecule has 334 valence electrons. The van der Waals surface area contributed by atoms with Crippen molar-refractivity contribution >= 4 is 11.9 Å². The molecule has 0 saturated heterocycles. The smallest absolute Gasteiger partial charge is 0.307 e. The molecule has 0 radical (unpaired) electrons. The molecule has 1 fully saturated rings. The predicted octanol–water partition coefficient (Wildman–Crippen LogP) is 13.8. The lowest BCUT2D eigenvalue weighted by Gasteiger charge is -2.24. The van der Waals surface area contributed by atoms with Crippen LogP contribution in [0.5, 0.6) is 0 Å². The molecule has 0 aromatic rings. The maximum absolute atomic E-state index is 13.0. The fourth-order valence-corrected chi connectivity index (χ4v) is 7.70. The summed E-state index contributed by atoms with van der Waals surface area (Å²) in [4.78, 5) is 27.4. The van der Waals surface area contributed by atoms with Crippen molar-refractivity contribution < 1.29 is 28.5 Å². The molecule has 56 heavy (non-hydrogen) atoms. The molecule has 1 rings (SSSR count). The van der Waals surface area contributed by atoms with Crippen LogP contribution in [-0.2, 0) is 28.5 Å². The van der Waals surface area contributed by atoms with Gasteiger partial charge < -0.3 is 23.8 Å². The first-order chi connectivity index (χ1) is 27.3. The minimum atomic E-state index is -0.232. The van der Waals surface area contributed by atoms with Crippen molar-refractivity contribution in [2.45, 2.75) is 246 Å². The normalized spacial score (nSPS) is 17.2. The largest absolute Gasteiger partial charge is 0.463 e. The van der Waals surface area contributed by atoms with Crippen molar-refractivity contribution in [1.29, 1.82) is 0 Å². The molecule has 0 heterocycles. The van der Waals surface area contributed by atoms with Gasteiger partial charge in [0.25, 0.3) is 0 Å². The van der Waals surface area contributed by atoms with E-state index in [0.717, 1.165) is 38.7 Å². The van der Waals surface area contributed by atoms with Crippen LogP contribution in [0.25, 0.3) is 0 Å². The zero-order chi connectivity index (χ0) is 41.3. The van der Waals surface area contributed by atoms with Crippen LogP contribution < -0.4 is 0 Å². The predicted molar refractivity (Wildman–Crippen MR) is 238 cm³/mol. The third-order valence-electron chi connectivity index (χ3n) is 11.6. The molecule has 0 aromatic heterocycles. The van der Waals surface area contributed by atoms with E-state index in [9.17, 15) is 9.59 Å². The van der Waals surface area contributed by atoms with Crippen molar-refractivity contribution in [2.24, 2.45) is 11.8 Å². The molecule has 4 atom stereocenters. The van der Waals surface area contributed by atoms with E-state index in [1.807, 2.05) is 19.0 Å². The van der Waals surface area contributed by atoms with Crippen LogP contribution in [0.1, 0.15) is 234 Å². The highest BCUT2D eigenvalue weighted by Crippen LogP contribution is 2.39. The summed E-state index contributed by atoms with van der Waals surface area (Å²) in [6.45, 7) is 13.9. The summed E-state index contributed by atoms with van der Waals surface area (Å²) in [7, 11) is 3.92. The van der Waals surface area contributed by atoms with E-state index in [4.69, 9.17) is 18.9 Å². The lowest BCUT2D eigenvalue weighted by Crippen LogP contribution is -2.30. The Hall–Kier alpha value is -1.18. The molecule has 1 saturated carbocycles. The highest BCUT2D eigenvalue weighted by Gasteiger charge is 2.38. The number of hydrogen-bond acceptors (Lipinski definition) is 7. The van der Waals surface area contributed by atoms with Gasteiger partial charge in [-0.05, 0) is 58.0 Å². The minimum Gasteiger partial charge on any atom is -0.463 e. The van der Waals surface area contributed by atoms with Gasteiger partial charge in [0.2, 0.25) is 0 Å². The van der Waals surface area contributed by atoms with E-state index in [0.29, 0.717) is 32.6 Å². The van der Waals surface area contributed by atoms with E-state index in [1.165, 1.54) is 154 Å². The van der Waals surface area contributed by atoms with Crippen LogP contribution in [0, 0.1) is 11.8 Å². The fraction of sp³-hybridized carbons (Fsp3) is 0.959. The summed E-state index contributed by atoms with van der Waals surface area (Å²) in [6.07, 6.45) is 37.4. The number of carbonyl (C=O) groups excluding carboxylic acids is 2. The Balaban J connectivity index is 0.00000718. The van der Waals surface area contributed by atoms with Gasteiger partial charge in [-0.25, -0.2) is 0 Å². The molecule has 7 heteroatoms. The molecule has 0 aromatic carbocycles. The lowest BCUT2D eigenvalue weighted by molar-refractivity contribution is -0.152. The van der Waals surface area contributed by atoms with E-state index in [2.05, 4.69) is 34.6 Å². The van der Waals surface area contributed by atoms with Crippen LogP contribution >= 0.6 is 0 Å². The van der Waals surface area contributed by atoms with Gasteiger partial charge in [-0.1, -0.05) is 189 Å². The lowest BCUT2D eigenvalue weighted by atomic mass is 9.89. The Morgan fingerprint density at radius 3 is 1.46 bits per heavy atom. The Morgan fingerprint density at radius 1 is 0.554 bits per heavy atom. The Kier molecular flexibility index (Phi) is 41.1. The van der Waals surface area contributed by atoms with Crippen molar-refractivity contribution in [3.05, 3.63) is 0 Å². The van der Waals surface area contributed by atoms with E-state index < -0.39 is 0 Å². The fourth-order valence-electron chi connectivity index (χ4n) is 7.70. The first-order valence-corrected chi connectivity index (χ1v) is 24.5. The average molecular weight is 796 g/mol. The molecule has 0 spiro atoms. The van der Waals surface area contributed by atoms with Gasteiger partial charge in [-0.2, -0.15) is 0 Å². The standard InChI is InChI=1S/C45H87NO6.C4H10/c1-6-9-11-13-15-17-19-21-23-25-27-29-35-49-38-41(50-36-30-28-26-24-22-20-18-16-14-12-10-7-2)39-51-45(48)37-40-31-32-43(42(40)8-3)52-44(47)33-34-46(4)5;1-3-4-2/h40-43H,6-39H2,1-5H3;3-4H2,1-2H3. The van der Waals surface area contributed by atoms with Crippen molar-refractivity contribution in [3.63, 3.8) is 0 Å².